The lowest BCUT2D eigenvalue weighted by atomic mass is 10.2. The number of hydrogen-bond donors (Lipinski definition) is 0. The summed E-state index contributed by atoms with van der Waals surface area (Å²) in [5.41, 5.74) is 1.24. The zero-order chi connectivity index (χ0) is 19.2. The summed E-state index contributed by atoms with van der Waals surface area (Å²) in [6.45, 7) is 6.48. The van der Waals surface area contributed by atoms with Gasteiger partial charge in [-0.2, -0.15) is 0 Å². The number of aromatic nitrogens is 2. The van der Waals surface area contributed by atoms with E-state index in [-0.39, 0.29) is 5.89 Å². The normalized spacial score (nSPS) is 12.0. The number of carbonyl (C=O) groups excluding carboxylic acids is 1. The molecule has 0 saturated heterocycles. The maximum atomic E-state index is 12.3. The summed E-state index contributed by atoms with van der Waals surface area (Å²) < 4.78 is 16.7. The second-order valence-corrected chi connectivity index (χ2v) is 6.59. The molecule has 0 bridgehead atoms. The van der Waals surface area contributed by atoms with Crippen molar-refractivity contribution in [3.05, 3.63) is 66.1 Å². The van der Waals surface area contributed by atoms with Crippen molar-refractivity contribution in [2.45, 2.75) is 26.9 Å². The SMILES string of the molecule is CC(C)COc1ccc(C(=O)O[C@@H](C)c2nnc(-c3ccccc3)o2)cc1. The Labute approximate surface area is 158 Å². The molecule has 27 heavy (non-hydrogen) atoms. The van der Waals surface area contributed by atoms with Gasteiger partial charge in [-0.3, -0.25) is 0 Å². The van der Waals surface area contributed by atoms with Gasteiger partial charge in [0.15, 0.2) is 6.10 Å². The molecule has 0 saturated carbocycles. The van der Waals surface area contributed by atoms with Gasteiger partial charge >= 0.3 is 5.97 Å². The number of esters is 1. The highest BCUT2D eigenvalue weighted by atomic mass is 16.6. The van der Waals surface area contributed by atoms with E-state index < -0.39 is 12.1 Å². The first-order valence-corrected chi connectivity index (χ1v) is 8.85. The van der Waals surface area contributed by atoms with Crippen LogP contribution in [-0.2, 0) is 4.74 Å². The zero-order valence-electron chi connectivity index (χ0n) is 15.6. The third-order valence-electron chi connectivity index (χ3n) is 3.77. The predicted molar refractivity (Wildman–Crippen MR) is 100 cm³/mol. The van der Waals surface area contributed by atoms with Crippen molar-refractivity contribution in [2.24, 2.45) is 5.92 Å². The van der Waals surface area contributed by atoms with Crippen LogP contribution in [0.25, 0.3) is 11.5 Å². The first-order chi connectivity index (χ1) is 13.0. The fraction of sp³-hybridized carbons (Fsp3) is 0.286. The summed E-state index contributed by atoms with van der Waals surface area (Å²) >= 11 is 0. The van der Waals surface area contributed by atoms with Gasteiger partial charge in [0.1, 0.15) is 5.75 Å². The Bertz CT molecular complexity index is 873. The number of rotatable bonds is 7. The van der Waals surface area contributed by atoms with Gasteiger partial charge in [-0.1, -0.05) is 32.0 Å². The molecule has 6 nitrogen and oxygen atoms in total. The molecule has 0 radical (unpaired) electrons. The molecule has 0 aliphatic heterocycles. The monoisotopic (exact) mass is 366 g/mol. The third-order valence-corrected chi connectivity index (χ3v) is 3.77. The Balaban J connectivity index is 1.61. The first kappa shape index (κ1) is 18.6. The smallest absolute Gasteiger partial charge is 0.338 e. The number of carbonyl (C=O) groups is 1. The molecule has 1 atom stereocenters. The lowest BCUT2D eigenvalue weighted by molar-refractivity contribution is 0.0280. The number of benzene rings is 2. The minimum Gasteiger partial charge on any atom is -0.493 e. The van der Waals surface area contributed by atoms with Gasteiger partial charge in [-0.15, -0.1) is 10.2 Å². The van der Waals surface area contributed by atoms with E-state index in [9.17, 15) is 4.79 Å². The molecular weight excluding hydrogens is 344 g/mol. The Morgan fingerprint density at radius 1 is 1.00 bits per heavy atom. The molecule has 3 rings (SSSR count). The molecule has 0 unspecified atom stereocenters. The minimum absolute atomic E-state index is 0.249. The number of ether oxygens (including phenoxy) is 2. The molecule has 0 aliphatic rings. The van der Waals surface area contributed by atoms with Gasteiger partial charge in [0.05, 0.1) is 12.2 Å². The highest BCUT2D eigenvalue weighted by Gasteiger charge is 2.20. The molecule has 1 aromatic heterocycles. The molecule has 0 fully saturated rings. The number of hydrogen-bond acceptors (Lipinski definition) is 6. The maximum Gasteiger partial charge on any atom is 0.338 e. The van der Waals surface area contributed by atoms with Crippen LogP contribution in [-0.4, -0.2) is 22.8 Å². The van der Waals surface area contributed by atoms with E-state index in [2.05, 4.69) is 24.0 Å². The van der Waals surface area contributed by atoms with Gasteiger partial charge in [-0.25, -0.2) is 4.79 Å². The highest BCUT2D eigenvalue weighted by molar-refractivity contribution is 5.89. The van der Waals surface area contributed by atoms with Gasteiger partial charge in [0.2, 0.25) is 5.89 Å². The van der Waals surface area contributed by atoms with Crippen LogP contribution in [0, 0.1) is 5.92 Å². The Morgan fingerprint density at radius 3 is 2.37 bits per heavy atom. The molecule has 0 aliphatic carbocycles. The van der Waals surface area contributed by atoms with E-state index >= 15 is 0 Å². The van der Waals surface area contributed by atoms with Crippen LogP contribution in [0.1, 0.15) is 43.1 Å². The lowest BCUT2D eigenvalue weighted by Gasteiger charge is -2.11. The Kier molecular flexibility index (Phi) is 5.86. The molecule has 0 amide bonds. The first-order valence-electron chi connectivity index (χ1n) is 8.85. The molecular formula is C21H22N2O4. The second-order valence-electron chi connectivity index (χ2n) is 6.59. The summed E-state index contributed by atoms with van der Waals surface area (Å²) in [4.78, 5) is 12.3. The summed E-state index contributed by atoms with van der Waals surface area (Å²) in [6.07, 6.45) is -0.653. The van der Waals surface area contributed by atoms with Crippen LogP contribution < -0.4 is 4.74 Å². The summed E-state index contributed by atoms with van der Waals surface area (Å²) in [6, 6.07) is 16.3. The quantitative estimate of drug-likeness (QED) is 0.565. The van der Waals surface area contributed by atoms with E-state index in [1.807, 2.05) is 30.3 Å². The van der Waals surface area contributed by atoms with Crippen molar-refractivity contribution < 1.29 is 18.7 Å². The van der Waals surface area contributed by atoms with Crippen LogP contribution in [0.15, 0.2) is 59.0 Å². The number of nitrogens with zero attached hydrogens (tertiary/aromatic N) is 2. The molecule has 1 heterocycles. The zero-order valence-corrected chi connectivity index (χ0v) is 15.6. The predicted octanol–water partition coefficient (Wildman–Crippen LogP) is 4.69. The van der Waals surface area contributed by atoms with E-state index in [0.29, 0.717) is 24.0 Å². The molecule has 0 spiro atoms. The van der Waals surface area contributed by atoms with Crippen molar-refractivity contribution in [2.75, 3.05) is 6.61 Å². The highest BCUT2D eigenvalue weighted by Crippen LogP contribution is 2.23. The van der Waals surface area contributed by atoms with Gasteiger partial charge in [-0.05, 0) is 49.2 Å². The summed E-state index contributed by atoms with van der Waals surface area (Å²) in [7, 11) is 0. The maximum absolute atomic E-state index is 12.3. The van der Waals surface area contributed by atoms with E-state index in [1.54, 1.807) is 31.2 Å². The fourth-order valence-electron chi connectivity index (χ4n) is 2.33. The van der Waals surface area contributed by atoms with Crippen molar-refractivity contribution in [1.29, 1.82) is 0 Å². The minimum atomic E-state index is -0.653. The van der Waals surface area contributed by atoms with Crippen LogP contribution in [0.3, 0.4) is 0 Å². The van der Waals surface area contributed by atoms with Crippen molar-refractivity contribution >= 4 is 5.97 Å². The van der Waals surface area contributed by atoms with Gasteiger partial charge < -0.3 is 13.9 Å². The van der Waals surface area contributed by atoms with E-state index in [4.69, 9.17) is 13.9 Å². The van der Waals surface area contributed by atoms with E-state index in [0.717, 1.165) is 11.3 Å². The van der Waals surface area contributed by atoms with Gasteiger partial charge in [0, 0.05) is 5.56 Å². The lowest BCUT2D eigenvalue weighted by Crippen LogP contribution is -2.10. The molecule has 3 aromatic rings. The molecule has 6 heteroatoms. The van der Waals surface area contributed by atoms with Gasteiger partial charge in [0.25, 0.3) is 5.89 Å². The Morgan fingerprint density at radius 2 is 1.70 bits per heavy atom. The van der Waals surface area contributed by atoms with Crippen LogP contribution >= 0.6 is 0 Å². The van der Waals surface area contributed by atoms with Crippen molar-refractivity contribution in [3.8, 4) is 17.2 Å². The van der Waals surface area contributed by atoms with E-state index in [1.165, 1.54) is 0 Å². The van der Waals surface area contributed by atoms with Crippen LogP contribution in [0.4, 0.5) is 0 Å². The molecule has 140 valence electrons. The average Bonchev–Trinajstić information content (AvgIpc) is 3.18. The summed E-state index contributed by atoms with van der Waals surface area (Å²) in [5.74, 6) is 1.33. The second kappa shape index (κ2) is 8.49. The average molecular weight is 366 g/mol. The van der Waals surface area contributed by atoms with Crippen LogP contribution in [0.5, 0.6) is 5.75 Å². The standard InChI is InChI=1S/C21H22N2O4/c1-14(2)13-25-18-11-9-17(10-12-18)21(24)26-15(3)19-22-23-20(27-19)16-7-5-4-6-8-16/h4-12,14-15H,13H2,1-3H3/t15-/m0/s1. The van der Waals surface area contributed by atoms with Crippen molar-refractivity contribution in [1.82, 2.24) is 10.2 Å². The fourth-order valence-corrected chi connectivity index (χ4v) is 2.33. The topological polar surface area (TPSA) is 74.5 Å². The Hall–Kier alpha value is -3.15. The third kappa shape index (κ3) is 4.94. The van der Waals surface area contributed by atoms with Crippen molar-refractivity contribution in [3.63, 3.8) is 0 Å². The summed E-state index contributed by atoms with van der Waals surface area (Å²) in [5, 5.41) is 7.99. The largest absolute Gasteiger partial charge is 0.493 e. The molecule has 0 N–H and O–H groups in total. The molecule has 2 aromatic carbocycles. The van der Waals surface area contributed by atoms with Crippen LogP contribution in [0.2, 0.25) is 0 Å².